The van der Waals surface area contributed by atoms with Crippen LogP contribution < -0.4 is 16.0 Å². The van der Waals surface area contributed by atoms with Gasteiger partial charge in [0.05, 0.1) is 6.54 Å². The van der Waals surface area contributed by atoms with Crippen molar-refractivity contribution in [3.05, 3.63) is 65.7 Å². The molecule has 5 nitrogen and oxygen atoms in total. The highest BCUT2D eigenvalue weighted by atomic mass is 16.1. The van der Waals surface area contributed by atoms with E-state index in [1.165, 1.54) is 17.5 Å². The molecule has 5 heteroatoms. The maximum Gasteiger partial charge on any atom is 0.223 e. The summed E-state index contributed by atoms with van der Waals surface area (Å²) in [7, 11) is 0. The van der Waals surface area contributed by atoms with Crippen molar-refractivity contribution in [2.45, 2.75) is 39.2 Å². The highest BCUT2D eigenvalue weighted by molar-refractivity contribution is 5.93. The minimum Gasteiger partial charge on any atom is -0.356 e. The lowest BCUT2D eigenvalue weighted by molar-refractivity contribution is -0.127. The molecule has 0 unspecified atom stereocenters. The molecule has 0 aliphatic heterocycles. The van der Waals surface area contributed by atoms with Crippen LogP contribution in [0.1, 0.15) is 36.8 Å². The third-order valence-electron chi connectivity index (χ3n) is 5.00. The monoisotopic (exact) mass is 378 g/mol. The van der Waals surface area contributed by atoms with Gasteiger partial charge >= 0.3 is 0 Å². The van der Waals surface area contributed by atoms with Crippen LogP contribution in [0.5, 0.6) is 0 Å². The molecule has 2 aromatic rings. The number of nitrogens with one attached hydrogen (secondary N) is 3. The van der Waals surface area contributed by atoms with Crippen molar-refractivity contribution in [2.24, 2.45) is 10.9 Å². The van der Waals surface area contributed by atoms with Gasteiger partial charge in [-0.1, -0.05) is 54.4 Å². The number of carbonyl (C=O) groups excluding carboxylic acids is 1. The molecule has 1 aliphatic rings. The number of nitrogens with zero attached hydrogens (tertiary/aromatic N) is 1. The van der Waals surface area contributed by atoms with E-state index in [0.717, 1.165) is 37.5 Å². The Labute approximate surface area is 167 Å². The summed E-state index contributed by atoms with van der Waals surface area (Å²) in [5, 5.41) is 9.75. The van der Waals surface area contributed by atoms with Gasteiger partial charge in [-0.2, -0.15) is 0 Å². The smallest absolute Gasteiger partial charge is 0.223 e. The van der Waals surface area contributed by atoms with Gasteiger partial charge in [0, 0.05) is 24.7 Å². The maximum absolute atomic E-state index is 11.9. The Morgan fingerprint density at radius 1 is 1.00 bits per heavy atom. The minimum atomic E-state index is 0.210. The van der Waals surface area contributed by atoms with E-state index in [1.807, 2.05) is 30.3 Å². The molecule has 28 heavy (non-hydrogen) atoms. The van der Waals surface area contributed by atoms with Crippen molar-refractivity contribution in [3.8, 4) is 0 Å². The van der Waals surface area contributed by atoms with E-state index in [-0.39, 0.29) is 11.8 Å². The van der Waals surface area contributed by atoms with Gasteiger partial charge in [0.15, 0.2) is 5.96 Å². The normalized spacial score (nSPS) is 14.2. The highest BCUT2D eigenvalue weighted by Gasteiger charge is 2.24. The largest absolute Gasteiger partial charge is 0.356 e. The third kappa shape index (κ3) is 6.41. The summed E-state index contributed by atoms with van der Waals surface area (Å²) in [6.07, 6.45) is 4.13. The van der Waals surface area contributed by atoms with Gasteiger partial charge in [-0.05, 0) is 43.9 Å². The molecule has 3 N–H and O–H groups in total. The summed E-state index contributed by atoms with van der Waals surface area (Å²) < 4.78 is 0. The molecular weight excluding hydrogens is 348 g/mol. The number of carbonyl (C=O) groups is 1. The average molecular weight is 379 g/mol. The van der Waals surface area contributed by atoms with Crippen molar-refractivity contribution in [1.29, 1.82) is 0 Å². The number of para-hydroxylation sites is 1. The summed E-state index contributed by atoms with van der Waals surface area (Å²) in [6, 6.07) is 18.4. The van der Waals surface area contributed by atoms with Crippen molar-refractivity contribution < 1.29 is 4.79 Å². The first-order valence-corrected chi connectivity index (χ1v) is 10.1. The van der Waals surface area contributed by atoms with Crippen LogP contribution in [0.2, 0.25) is 0 Å². The molecule has 0 saturated heterocycles. The summed E-state index contributed by atoms with van der Waals surface area (Å²) in [6.45, 7) is 4.14. The van der Waals surface area contributed by atoms with Crippen LogP contribution in [0.15, 0.2) is 59.6 Å². The molecule has 0 heterocycles. The van der Waals surface area contributed by atoms with Crippen LogP contribution in [0, 0.1) is 12.8 Å². The summed E-state index contributed by atoms with van der Waals surface area (Å²) in [5.74, 6) is 1.21. The van der Waals surface area contributed by atoms with E-state index in [2.05, 4.69) is 47.1 Å². The topological polar surface area (TPSA) is 65.5 Å². The molecule has 148 valence electrons. The molecule has 1 aliphatic carbocycles. The third-order valence-corrected chi connectivity index (χ3v) is 5.00. The SMILES string of the molecule is Cc1ccc(CN=C(NCCCNC(=O)C2CCC2)Nc2ccccc2)cc1. The number of amides is 1. The van der Waals surface area contributed by atoms with Crippen LogP contribution in [-0.2, 0) is 11.3 Å². The van der Waals surface area contributed by atoms with Crippen LogP contribution in [0.4, 0.5) is 5.69 Å². The van der Waals surface area contributed by atoms with Gasteiger partial charge in [0.2, 0.25) is 5.91 Å². The van der Waals surface area contributed by atoms with E-state index in [4.69, 9.17) is 4.99 Å². The van der Waals surface area contributed by atoms with Crippen LogP contribution in [-0.4, -0.2) is 25.0 Å². The van der Waals surface area contributed by atoms with E-state index in [9.17, 15) is 4.79 Å². The van der Waals surface area contributed by atoms with Crippen LogP contribution in [0.25, 0.3) is 0 Å². The lowest BCUT2D eigenvalue weighted by atomic mass is 9.85. The fourth-order valence-electron chi connectivity index (χ4n) is 2.98. The van der Waals surface area contributed by atoms with Gasteiger partial charge in [0.1, 0.15) is 0 Å². The Morgan fingerprint density at radius 2 is 1.71 bits per heavy atom. The second-order valence-corrected chi connectivity index (χ2v) is 7.34. The van der Waals surface area contributed by atoms with E-state index in [1.54, 1.807) is 0 Å². The molecule has 0 radical (unpaired) electrons. The first-order chi connectivity index (χ1) is 13.7. The summed E-state index contributed by atoms with van der Waals surface area (Å²) in [5.41, 5.74) is 3.42. The number of rotatable bonds is 8. The Hall–Kier alpha value is -2.82. The Balaban J connectivity index is 1.49. The molecule has 1 fully saturated rings. The summed E-state index contributed by atoms with van der Waals surface area (Å²) >= 11 is 0. The van der Waals surface area contributed by atoms with E-state index in [0.29, 0.717) is 13.1 Å². The zero-order chi connectivity index (χ0) is 19.6. The second-order valence-electron chi connectivity index (χ2n) is 7.34. The Bertz CT molecular complexity index is 767. The predicted octanol–water partition coefficient (Wildman–Crippen LogP) is 3.86. The quantitative estimate of drug-likeness (QED) is 0.371. The molecule has 3 rings (SSSR count). The molecule has 2 aromatic carbocycles. The van der Waals surface area contributed by atoms with Crippen molar-refractivity contribution in [3.63, 3.8) is 0 Å². The number of hydrogen-bond donors (Lipinski definition) is 3. The maximum atomic E-state index is 11.9. The fourth-order valence-corrected chi connectivity index (χ4v) is 2.98. The number of anilines is 1. The fraction of sp³-hybridized carbons (Fsp3) is 0.391. The predicted molar refractivity (Wildman–Crippen MR) is 115 cm³/mol. The van der Waals surface area contributed by atoms with Gasteiger partial charge in [-0.3, -0.25) is 4.79 Å². The molecule has 0 spiro atoms. The van der Waals surface area contributed by atoms with Gasteiger partial charge in [-0.25, -0.2) is 4.99 Å². The zero-order valence-electron chi connectivity index (χ0n) is 16.6. The standard InChI is InChI=1S/C23H30N4O/c1-18-11-13-19(14-12-18)17-26-23(27-21-9-3-2-4-10-21)25-16-6-15-24-22(28)20-7-5-8-20/h2-4,9-14,20H,5-8,15-17H2,1H3,(H,24,28)(H2,25,26,27). The molecule has 1 saturated carbocycles. The highest BCUT2D eigenvalue weighted by Crippen LogP contribution is 2.26. The molecular formula is C23H30N4O. The second kappa shape index (κ2) is 10.5. The first kappa shape index (κ1) is 19.9. The van der Waals surface area contributed by atoms with E-state index < -0.39 is 0 Å². The molecule has 1 amide bonds. The van der Waals surface area contributed by atoms with Crippen LogP contribution >= 0.6 is 0 Å². The van der Waals surface area contributed by atoms with Crippen molar-refractivity contribution in [2.75, 3.05) is 18.4 Å². The van der Waals surface area contributed by atoms with Crippen molar-refractivity contribution >= 4 is 17.6 Å². The number of aryl methyl sites for hydroxylation is 1. The average Bonchev–Trinajstić information content (AvgIpc) is 2.66. The Kier molecular flexibility index (Phi) is 7.47. The van der Waals surface area contributed by atoms with Gasteiger partial charge in [0.25, 0.3) is 0 Å². The molecule has 0 atom stereocenters. The molecule has 0 aromatic heterocycles. The number of guanidine groups is 1. The molecule has 0 bridgehead atoms. The number of aliphatic imine (C=N–C) groups is 1. The lowest BCUT2D eigenvalue weighted by Crippen LogP contribution is -2.37. The summed E-state index contributed by atoms with van der Waals surface area (Å²) in [4.78, 5) is 16.6. The number of hydrogen-bond acceptors (Lipinski definition) is 2. The van der Waals surface area contributed by atoms with Gasteiger partial charge in [-0.15, -0.1) is 0 Å². The van der Waals surface area contributed by atoms with Crippen molar-refractivity contribution in [1.82, 2.24) is 10.6 Å². The van der Waals surface area contributed by atoms with Crippen LogP contribution in [0.3, 0.4) is 0 Å². The minimum absolute atomic E-state index is 0.210. The van der Waals surface area contributed by atoms with Gasteiger partial charge < -0.3 is 16.0 Å². The Morgan fingerprint density at radius 3 is 2.39 bits per heavy atom. The number of benzene rings is 2. The lowest BCUT2D eigenvalue weighted by Gasteiger charge is -2.24. The van der Waals surface area contributed by atoms with E-state index >= 15 is 0 Å². The first-order valence-electron chi connectivity index (χ1n) is 10.1. The zero-order valence-corrected chi connectivity index (χ0v) is 16.6.